The van der Waals surface area contributed by atoms with Crippen molar-refractivity contribution in [3.8, 4) is 0 Å². The number of hydrogen-bond donors (Lipinski definition) is 1. The Morgan fingerprint density at radius 3 is 2.41 bits per heavy atom. The highest BCUT2D eigenvalue weighted by atomic mass is 32.2. The number of benzene rings is 2. The molecule has 0 spiro atoms. The second-order valence-corrected chi connectivity index (χ2v) is 13.3. The van der Waals surface area contributed by atoms with Crippen LogP contribution in [0.4, 0.5) is 17.6 Å². The van der Waals surface area contributed by atoms with Gasteiger partial charge in [-0.2, -0.15) is 13.2 Å². The summed E-state index contributed by atoms with van der Waals surface area (Å²) in [4.78, 5) is 30.2. The third-order valence-electron chi connectivity index (χ3n) is 8.27. The Morgan fingerprint density at radius 1 is 1.10 bits per heavy atom. The molecular formula is C29H35F4N3O4S. The Kier molecular flexibility index (Phi) is 9.13. The number of carbonyl (C=O) groups excluding carboxylic acids is 2. The van der Waals surface area contributed by atoms with E-state index in [9.17, 15) is 35.6 Å². The molecule has 1 saturated heterocycles. The number of nitrogens with one attached hydrogen (secondary N) is 1. The molecule has 2 aromatic rings. The lowest BCUT2D eigenvalue weighted by molar-refractivity contribution is -0.138. The number of nitrogens with zero attached hydrogens (tertiary/aromatic N) is 2. The van der Waals surface area contributed by atoms with Crippen molar-refractivity contribution < 1.29 is 35.6 Å². The first-order valence-electron chi connectivity index (χ1n) is 13.7. The van der Waals surface area contributed by atoms with Crippen LogP contribution < -0.4 is 5.32 Å². The van der Waals surface area contributed by atoms with Gasteiger partial charge in [0.05, 0.1) is 16.2 Å². The van der Waals surface area contributed by atoms with E-state index in [4.69, 9.17) is 0 Å². The molecule has 1 unspecified atom stereocenters. The Labute approximate surface area is 237 Å². The molecule has 4 rings (SSSR count). The molecule has 2 amide bonds. The van der Waals surface area contributed by atoms with E-state index in [2.05, 4.69) is 24.1 Å². The van der Waals surface area contributed by atoms with Crippen LogP contribution >= 0.6 is 0 Å². The van der Waals surface area contributed by atoms with Crippen LogP contribution in [0.25, 0.3) is 0 Å². The summed E-state index contributed by atoms with van der Waals surface area (Å²) < 4.78 is 79.9. The first kappa shape index (κ1) is 31.0. The van der Waals surface area contributed by atoms with E-state index in [1.54, 1.807) is 35.2 Å². The summed E-state index contributed by atoms with van der Waals surface area (Å²) in [5.41, 5.74) is -1.83. The van der Waals surface area contributed by atoms with E-state index in [-0.39, 0.29) is 47.7 Å². The van der Waals surface area contributed by atoms with Crippen LogP contribution in [0, 0.1) is 11.7 Å². The van der Waals surface area contributed by atoms with Gasteiger partial charge in [-0.15, -0.1) is 0 Å². The van der Waals surface area contributed by atoms with Gasteiger partial charge in [0, 0.05) is 30.2 Å². The average molecular weight is 598 g/mol. The summed E-state index contributed by atoms with van der Waals surface area (Å²) >= 11 is 0. The van der Waals surface area contributed by atoms with Gasteiger partial charge in [-0.05, 0) is 82.8 Å². The molecule has 4 atom stereocenters. The topological polar surface area (TPSA) is 86.8 Å². The van der Waals surface area contributed by atoms with Gasteiger partial charge in [0.25, 0.3) is 5.91 Å². The number of carbonyl (C=O) groups is 2. The molecule has 0 radical (unpaired) electrons. The molecule has 2 fully saturated rings. The predicted octanol–water partition coefficient (Wildman–Crippen LogP) is 4.53. The summed E-state index contributed by atoms with van der Waals surface area (Å²) in [6.45, 7) is 4.39. The summed E-state index contributed by atoms with van der Waals surface area (Å²) in [7, 11) is -1.65. The van der Waals surface area contributed by atoms with Gasteiger partial charge in [0.1, 0.15) is 11.9 Å². The third-order valence-corrected chi connectivity index (χ3v) is 10.1. The van der Waals surface area contributed by atoms with E-state index in [1.807, 2.05) is 7.05 Å². The second kappa shape index (κ2) is 12.1. The first-order chi connectivity index (χ1) is 19.2. The largest absolute Gasteiger partial charge is 0.416 e. The zero-order valence-electron chi connectivity index (χ0n) is 23.2. The number of alkyl halides is 3. The van der Waals surface area contributed by atoms with Gasteiger partial charge in [0.2, 0.25) is 5.91 Å². The third kappa shape index (κ3) is 7.09. The maximum atomic E-state index is 13.8. The summed E-state index contributed by atoms with van der Waals surface area (Å²) in [5.74, 6) is -3.13. The lowest BCUT2D eigenvalue weighted by Crippen LogP contribution is -2.53. The van der Waals surface area contributed by atoms with Crippen molar-refractivity contribution in [2.75, 3.05) is 19.3 Å². The normalized spacial score (nSPS) is 23.8. The van der Waals surface area contributed by atoms with Crippen LogP contribution in [0.1, 0.15) is 55.5 Å². The highest BCUT2D eigenvalue weighted by Crippen LogP contribution is 2.36. The molecule has 0 bridgehead atoms. The number of rotatable bonds is 8. The van der Waals surface area contributed by atoms with Gasteiger partial charge in [-0.1, -0.05) is 18.2 Å². The van der Waals surface area contributed by atoms with E-state index < -0.39 is 50.8 Å². The summed E-state index contributed by atoms with van der Waals surface area (Å²) in [6, 6.07) is 8.68. The van der Waals surface area contributed by atoms with Crippen molar-refractivity contribution in [3.63, 3.8) is 0 Å². The lowest BCUT2D eigenvalue weighted by Gasteiger charge is -2.44. The van der Waals surface area contributed by atoms with Gasteiger partial charge in [-0.25, -0.2) is 12.8 Å². The second-order valence-electron chi connectivity index (χ2n) is 11.2. The molecular weight excluding hydrogens is 562 g/mol. The standard InChI is InChI=1S/C29H35F4N3O4S/c1-18(2)35(3)23-9-10-26(20(15-23)17-41(39,40)24-7-5-4-6-8-24)36-12-11-25(28(36)38)34-27(37)19-13-21(29(31,32)33)16-22(30)14-19/h4-8,13-14,16,18,20,23,25-26H,9-12,15,17H2,1-3H3,(H,34,37)/t20-,23+,25?,26-/m0/s1. The van der Waals surface area contributed by atoms with Crippen LogP contribution in [0.5, 0.6) is 0 Å². The van der Waals surface area contributed by atoms with E-state index >= 15 is 0 Å². The van der Waals surface area contributed by atoms with Crippen molar-refractivity contribution in [2.24, 2.45) is 5.92 Å². The minimum atomic E-state index is -4.84. The van der Waals surface area contributed by atoms with Crippen molar-refractivity contribution >= 4 is 21.7 Å². The summed E-state index contributed by atoms with van der Waals surface area (Å²) in [5, 5.41) is 2.46. The van der Waals surface area contributed by atoms with Gasteiger partial charge in [0.15, 0.2) is 9.84 Å². The zero-order chi connectivity index (χ0) is 30.1. The van der Waals surface area contributed by atoms with Crippen LogP contribution in [0.2, 0.25) is 0 Å². The highest BCUT2D eigenvalue weighted by molar-refractivity contribution is 7.91. The molecule has 1 N–H and O–H groups in total. The smallest absolute Gasteiger partial charge is 0.340 e. The number of likely N-dealkylation sites (tertiary alicyclic amines) is 1. The molecule has 12 heteroatoms. The van der Waals surface area contributed by atoms with Crippen LogP contribution in [-0.4, -0.2) is 73.5 Å². The fourth-order valence-electron chi connectivity index (χ4n) is 5.90. The Hall–Kier alpha value is -2.99. The van der Waals surface area contributed by atoms with Crippen molar-refractivity contribution in [1.29, 1.82) is 0 Å². The lowest BCUT2D eigenvalue weighted by atomic mass is 9.81. The van der Waals surface area contributed by atoms with Crippen LogP contribution in [-0.2, 0) is 20.8 Å². The van der Waals surface area contributed by atoms with Gasteiger partial charge >= 0.3 is 6.18 Å². The maximum Gasteiger partial charge on any atom is 0.416 e. The van der Waals surface area contributed by atoms with Crippen molar-refractivity contribution in [2.45, 2.75) is 74.8 Å². The minimum absolute atomic E-state index is 0.131. The molecule has 41 heavy (non-hydrogen) atoms. The minimum Gasteiger partial charge on any atom is -0.340 e. The Balaban J connectivity index is 1.53. The molecule has 1 aliphatic carbocycles. The Morgan fingerprint density at radius 2 is 1.78 bits per heavy atom. The molecule has 224 valence electrons. The monoisotopic (exact) mass is 597 g/mol. The SMILES string of the molecule is CC(C)N(C)[C@@H]1CC[C@H](N2CCC(NC(=O)c3cc(F)cc(C(F)(F)F)c3)C2=O)[C@H](CS(=O)(=O)c2ccccc2)C1. The molecule has 1 saturated carbocycles. The van der Waals surface area contributed by atoms with Crippen LogP contribution in [0.3, 0.4) is 0 Å². The first-order valence-corrected chi connectivity index (χ1v) is 15.3. The number of halogens is 4. The molecule has 2 aliphatic rings. The zero-order valence-corrected chi connectivity index (χ0v) is 24.0. The van der Waals surface area contributed by atoms with E-state index in [0.29, 0.717) is 31.0 Å². The van der Waals surface area contributed by atoms with Crippen LogP contribution in [0.15, 0.2) is 53.4 Å². The van der Waals surface area contributed by atoms with Crippen molar-refractivity contribution in [1.82, 2.24) is 15.1 Å². The molecule has 2 aromatic carbocycles. The molecule has 7 nitrogen and oxygen atoms in total. The maximum absolute atomic E-state index is 13.8. The number of amides is 2. The van der Waals surface area contributed by atoms with Gasteiger partial charge in [-0.3, -0.25) is 9.59 Å². The quantitative estimate of drug-likeness (QED) is 0.452. The molecule has 0 aromatic heterocycles. The highest BCUT2D eigenvalue weighted by Gasteiger charge is 2.44. The van der Waals surface area contributed by atoms with E-state index in [1.165, 1.54) is 0 Å². The van der Waals surface area contributed by atoms with E-state index in [0.717, 1.165) is 6.42 Å². The fraction of sp³-hybridized carbons (Fsp3) is 0.517. The molecule has 1 aliphatic heterocycles. The van der Waals surface area contributed by atoms with Gasteiger partial charge < -0.3 is 15.1 Å². The summed E-state index contributed by atoms with van der Waals surface area (Å²) in [6.07, 6.45) is -2.74. The predicted molar refractivity (Wildman–Crippen MR) is 145 cm³/mol. The number of hydrogen-bond acceptors (Lipinski definition) is 5. The fourth-order valence-corrected chi connectivity index (χ4v) is 7.59. The Bertz CT molecular complexity index is 1370. The number of sulfone groups is 1. The molecule has 1 heterocycles. The average Bonchev–Trinajstić information content (AvgIpc) is 3.26. The van der Waals surface area contributed by atoms with Crippen molar-refractivity contribution in [3.05, 3.63) is 65.5 Å².